The molecule has 0 aliphatic carbocycles. The largest absolute Gasteiger partial charge is 0.359 e. The Morgan fingerprint density at radius 1 is 1.36 bits per heavy atom. The fourth-order valence-electron chi connectivity index (χ4n) is 3.04. The Morgan fingerprint density at radius 2 is 2.08 bits per heavy atom. The third kappa shape index (κ3) is 7.94. The predicted molar refractivity (Wildman–Crippen MR) is 114 cm³/mol. The van der Waals surface area contributed by atoms with E-state index in [-0.39, 0.29) is 24.0 Å². The first kappa shape index (κ1) is 22.2. The van der Waals surface area contributed by atoms with Crippen LogP contribution in [0.25, 0.3) is 0 Å². The number of hydrogen-bond acceptors (Lipinski definition) is 4. The lowest BCUT2D eigenvalue weighted by molar-refractivity contribution is 0.187. The number of rotatable bonds is 7. The highest BCUT2D eigenvalue weighted by Crippen LogP contribution is 2.12. The third-order valence-corrected chi connectivity index (χ3v) is 4.26. The third-order valence-electron chi connectivity index (χ3n) is 4.26. The molecule has 1 aliphatic heterocycles. The molecule has 0 saturated carbocycles. The summed E-state index contributed by atoms with van der Waals surface area (Å²) in [5, 5.41) is 10.9. The van der Waals surface area contributed by atoms with Crippen LogP contribution in [0, 0.1) is 5.92 Å². The Balaban J connectivity index is 0.00000312. The summed E-state index contributed by atoms with van der Waals surface area (Å²) in [7, 11) is 0. The molecule has 1 aromatic heterocycles. The van der Waals surface area contributed by atoms with Crippen molar-refractivity contribution in [2.45, 2.75) is 59.5 Å². The van der Waals surface area contributed by atoms with Crippen LogP contribution in [0.5, 0.6) is 0 Å². The van der Waals surface area contributed by atoms with Gasteiger partial charge in [-0.15, -0.1) is 24.0 Å². The first-order valence-corrected chi connectivity index (χ1v) is 9.32. The Labute approximate surface area is 169 Å². The highest BCUT2D eigenvalue weighted by Gasteiger charge is 2.20. The number of aromatic nitrogens is 1. The minimum atomic E-state index is 0. The smallest absolute Gasteiger partial charge is 0.191 e. The molecule has 1 aliphatic rings. The Hall–Kier alpha value is -0.830. The van der Waals surface area contributed by atoms with Crippen molar-refractivity contribution in [3.05, 3.63) is 17.5 Å². The molecule has 1 aromatic rings. The van der Waals surface area contributed by atoms with Gasteiger partial charge in [-0.25, -0.2) is 4.99 Å². The van der Waals surface area contributed by atoms with Crippen molar-refractivity contribution in [3.63, 3.8) is 0 Å². The van der Waals surface area contributed by atoms with E-state index in [1.165, 1.54) is 19.4 Å². The molecular formula is C18H34IN5O. The number of aryl methyl sites for hydroxylation is 1. The van der Waals surface area contributed by atoms with E-state index in [1.54, 1.807) is 0 Å². The van der Waals surface area contributed by atoms with Gasteiger partial charge in [0.1, 0.15) is 6.54 Å². The lowest BCUT2D eigenvalue weighted by Crippen LogP contribution is -2.49. The van der Waals surface area contributed by atoms with Crippen LogP contribution in [0.2, 0.25) is 0 Å². The number of halogens is 1. The van der Waals surface area contributed by atoms with E-state index in [4.69, 9.17) is 4.52 Å². The van der Waals surface area contributed by atoms with Crippen LogP contribution in [0.15, 0.2) is 15.6 Å². The minimum Gasteiger partial charge on any atom is -0.359 e. The molecule has 0 unspecified atom stereocenters. The zero-order valence-corrected chi connectivity index (χ0v) is 18.4. The monoisotopic (exact) mass is 463 g/mol. The summed E-state index contributed by atoms with van der Waals surface area (Å²) in [6, 6.07) is 2.48. The van der Waals surface area contributed by atoms with Gasteiger partial charge in [-0.1, -0.05) is 25.9 Å². The van der Waals surface area contributed by atoms with Crippen molar-refractivity contribution in [1.29, 1.82) is 0 Å². The second kappa shape index (κ2) is 11.7. The van der Waals surface area contributed by atoms with Gasteiger partial charge in [-0.05, 0) is 32.1 Å². The molecule has 0 amide bonds. The maximum absolute atomic E-state index is 5.31. The van der Waals surface area contributed by atoms with Crippen molar-refractivity contribution < 1.29 is 4.52 Å². The normalized spacial score (nSPS) is 16.8. The number of nitrogens with zero attached hydrogens (tertiary/aromatic N) is 3. The maximum Gasteiger partial charge on any atom is 0.191 e. The quantitative estimate of drug-likeness (QED) is 0.370. The number of hydrogen-bond donors (Lipinski definition) is 2. The van der Waals surface area contributed by atoms with Gasteiger partial charge in [0.25, 0.3) is 0 Å². The molecule has 25 heavy (non-hydrogen) atoms. The second-order valence-corrected chi connectivity index (χ2v) is 6.95. The number of piperidine rings is 1. The van der Waals surface area contributed by atoms with E-state index in [9.17, 15) is 0 Å². The van der Waals surface area contributed by atoms with Gasteiger partial charge >= 0.3 is 0 Å². The summed E-state index contributed by atoms with van der Waals surface area (Å²) in [6.07, 6.45) is 3.22. The molecule has 0 radical (unpaired) electrons. The van der Waals surface area contributed by atoms with Crippen LogP contribution < -0.4 is 10.6 Å². The number of likely N-dealkylation sites (tertiary alicyclic amines) is 1. The average Bonchev–Trinajstić information content (AvgIpc) is 3.02. The first-order chi connectivity index (χ1) is 11.6. The van der Waals surface area contributed by atoms with Crippen LogP contribution in [0.3, 0.4) is 0 Å². The maximum atomic E-state index is 5.31. The highest BCUT2D eigenvalue weighted by atomic mass is 127. The van der Waals surface area contributed by atoms with Crippen LogP contribution >= 0.6 is 24.0 Å². The zero-order valence-electron chi connectivity index (χ0n) is 16.0. The van der Waals surface area contributed by atoms with Gasteiger partial charge < -0.3 is 20.1 Å². The van der Waals surface area contributed by atoms with E-state index in [2.05, 4.69) is 53.4 Å². The van der Waals surface area contributed by atoms with E-state index in [0.717, 1.165) is 49.4 Å². The molecule has 144 valence electrons. The van der Waals surface area contributed by atoms with E-state index < -0.39 is 0 Å². The highest BCUT2D eigenvalue weighted by molar-refractivity contribution is 14.0. The van der Waals surface area contributed by atoms with Crippen LogP contribution in [0.4, 0.5) is 0 Å². The Kier molecular flexibility index (Phi) is 10.4. The second-order valence-electron chi connectivity index (χ2n) is 6.95. The van der Waals surface area contributed by atoms with Gasteiger partial charge in [0.15, 0.2) is 11.7 Å². The minimum absolute atomic E-state index is 0. The fourth-order valence-corrected chi connectivity index (χ4v) is 3.04. The Bertz CT molecular complexity index is 509. The number of guanidine groups is 1. The van der Waals surface area contributed by atoms with E-state index in [0.29, 0.717) is 12.6 Å². The molecular weight excluding hydrogens is 429 g/mol. The summed E-state index contributed by atoms with van der Waals surface area (Å²) in [5.74, 6) is 2.42. The summed E-state index contributed by atoms with van der Waals surface area (Å²) in [4.78, 5) is 7.20. The summed E-state index contributed by atoms with van der Waals surface area (Å²) < 4.78 is 5.31. The van der Waals surface area contributed by atoms with Crippen molar-refractivity contribution in [2.24, 2.45) is 10.9 Å². The first-order valence-electron chi connectivity index (χ1n) is 9.32. The molecule has 0 aromatic carbocycles. The average molecular weight is 463 g/mol. The zero-order chi connectivity index (χ0) is 17.4. The molecule has 2 heterocycles. The van der Waals surface area contributed by atoms with Crippen LogP contribution in [-0.2, 0) is 13.0 Å². The number of nitrogens with one attached hydrogen (secondary N) is 2. The molecule has 7 heteroatoms. The molecule has 0 bridgehead atoms. The van der Waals surface area contributed by atoms with E-state index >= 15 is 0 Å². The molecule has 2 N–H and O–H groups in total. The van der Waals surface area contributed by atoms with Gasteiger partial charge in [-0.3, -0.25) is 0 Å². The van der Waals surface area contributed by atoms with Crippen molar-refractivity contribution in [2.75, 3.05) is 26.2 Å². The van der Waals surface area contributed by atoms with E-state index in [1.807, 2.05) is 6.07 Å². The SMILES string of the molecule is CCNC(=NCc1cc(CC)no1)NC1CCN(CC(C)C)CC1.I. The van der Waals surface area contributed by atoms with Gasteiger partial charge in [0, 0.05) is 38.3 Å². The summed E-state index contributed by atoms with van der Waals surface area (Å²) in [5.41, 5.74) is 0.982. The fraction of sp³-hybridized carbons (Fsp3) is 0.778. The van der Waals surface area contributed by atoms with Crippen LogP contribution in [0.1, 0.15) is 52.0 Å². The summed E-state index contributed by atoms with van der Waals surface area (Å²) in [6.45, 7) is 13.6. The topological polar surface area (TPSA) is 65.7 Å². The molecule has 1 saturated heterocycles. The standard InChI is InChI=1S/C18H33N5O.HI/c1-5-15-11-17(24-22-15)12-20-18(19-6-2)21-16-7-9-23(10-8-16)13-14(3)4;/h11,14,16H,5-10,12-13H2,1-4H3,(H2,19,20,21);1H. The van der Waals surface area contributed by atoms with Gasteiger partial charge in [0.05, 0.1) is 5.69 Å². The number of aliphatic imine (C=N–C) groups is 1. The predicted octanol–water partition coefficient (Wildman–Crippen LogP) is 3.03. The molecule has 1 fully saturated rings. The summed E-state index contributed by atoms with van der Waals surface area (Å²) >= 11 is 0. The lowest BCUT2D eigenvalue weighted by atomic mass is 10.0. The Morgan fingerprint density at radius 3 is 2.64 bits per heavy atom. The molecule has 6 nitrogen and oxygen atoms in total. The molecule has 2 rings (SSSR count). The molecule has 0 atom stereocenters. The van der Waals surface area contributed by atoms with Crippen molar-refractivity contribution in [3.8, 4) is 0 Å². The van der Waals surface area contributed by atoms with Crippen molar-refractivity contribution >= 4 is 29.9 Å². The van der Waals surface area contributed by atoms with Gasteiger partial charge in [-0.2, -0.15) is 0 Å². The molecule has 0 spiro atoms. The van der Waals surface area contributed by atoms with Gasteiger partial charge in [0.2, 0.25) is 0 Å². The lowest BCUT2D eigenvalue weighted by Gasteiger charge is -2.33. The van der Waals surface area contributed by atoms with Crippen molar-refractivity contribution in [1.82, 2.24) is 20.7 Å². The van der Waals surface area contributed by atoms with Crippen LogP contribution in [-0.4, -0.2) is 48.2 Å².